The van der Waals surface area contributed by atoms with Crippen LogP contribution in [0.2, 0.25) is 0 Å². The molecule has 0 radical (unpaired) electrons. The Hall–Kier alpha value is -1.77. The number of carbonyl (C=O) groups excluding carboxylic acids is 1. The van der Waals surface area contributed by atoms with Crippen LogP contribution in [0.4, 0.5) is 11.4 Å². The molecule has 1 heterocycles. The highest BCUT2D eigenvalue weighted by Gasteiger charge is 2.18. The quantitative estimate of drug-likeness (QED) is 0.842. The molecule has 19 heavy (non-hydrogen) atoms. The highest BCUT2D eigenvalue weighted by atomic mass is 16.1. The van der Waals surface area contributed by atoms with E-state index < -0.39 is 0 Å². The Morgan fingerprint density at radius 1 is 1.47 bits per heavy atom. The monoisotopic (exact) mass is 258 g/mol. The van der Waals surface area contributed by atoms with E-state index in [1.807, 2.05) is 13.0 Å². The summed E-state index contributed by atoms with van der Waals surface area (Å²) in [4.78, 5) is 13.8. The summed E-state index contributed by atoms with van der Waals surface area (Å²) in [5, 5.41) is 2.83. The van der Waals surface area contributed by atoms with Gasteiger partial charge in [-0.15, -0.1) is 0 Å². The van der Waals surface area contributed by atoms with E-state index in [1.165, 1.54) is 31.0 Å². The molecule has 0 bridgehead atoms. The molecule has 1 aliphatic heterocycles. The van der Waals surface area contributed by atoms with Crippen molar-refractivity contribution >= 4 is 17.3 Å². The number of hydrogen-bond donors (Lipinski definition) is 1. The van der Waals surface area contributed by atoms with Gasteiger partial charge in [0, 0.05) is 24.0 Å². The number of nitrogens with one attached hydrogen (secondary N) is 1. The van der Waals surface area contributed by atoms with Crippen molar-refractivity contribution < 1.29 is 4.79 Å². The van der Waals surface area contributed by atoms with Crippen molar-refractivity contribution in [1.82, 2.24) is 0 Å². The highest BCUT2D eigenvalue weighted by molar-refractivity contribution is 5.99. The maximum atomic E-state index is 11.3. The molecule has 1 saturated heterocycles. The van der Waals surface area contributed by atoms with Crippen LogP contribution in [0, 0.1) is 6.92 Å². The zero-order valence-corrected chi connectivity index (χ0v) is 11.8. The molecule has 3 nitrogen and oxygen atoms in total. The Kier molecular flexibility index (Phi) is 4.25. The van der Waals surface area contributed by atoms with Gasteiger partial charge in [0.2, 0.25) is 5.91 Å². The molecule has 3 heteroatoms. The fraction of sp³-hybridized carbons (Fsp3) is 0.438. The standard InChI is InChI=1S/C16H22N2O/c1-4-16(19)17-15-9-8-14(11-12(15)2)18-10-6-5-7-13(18)3/h4,8-9,11,13H,1,5-7,10H2,2-3H3,(H,17,19). The predicted molar refractivity (Wildman–Crippen MR) is 80.7 cm³/mol. The number of amides is 1. The van der Waals surface area contributed by atoms with Crippen LogP contribution in [0.25, 0.3) is 0 Å². The number of benzene rings is 1. The summed E-state index contributed by atoms with van der Waals surface area (Å²) in [5.74, 6) is -0.165. The molecule has 1 fully saturated rings. The van der Waals surface area contributed by atoms with Gasteiger partial charge in [0.05, 0.1) is 0 Å². The molecule has 102 valence electrons. The Morgan fingerprint density at radius 3 is 2.89 bits per heavy atom. The lowest BCUT2D eigenvalue weighted by Crippen LogP contribution is -2.37. The third-order valence-electron chi connectivity index (χ3n) is 3.79. The molecule has 1 amide bonds. The van der Waals surface area contributed by atoms with Crippen molar-refractivity contribution in [2.45, 2.75) is 39.2 Å². The maximum absolute atomic E-state index is 11.3. The fourth-order valence-corrected chi connectivity index (χ4v) is 2.63. The lowest BCUT2D eigenvalue weighted by atomic mass is 10.0. The molecule has 0 spiro atoms. The molecule has 1 aliphatic rings. The van der Waals surface area contributed by atoms with E-state index in [2.05, 4.69) is 35.9 Å². The van der Waals surface area contributed by atoms with Crippen LogP contribution in [0.5, 0.6) is 0 Å². The first-order chi connectivity index (χ1) is 9.11. The third-order valence-corrected chi connectivity index (χ3v) is 3.79. The van der Waals surface area contributed by atoms with Crippen molar-refractivity contribution in [3.05, 3.63) is 36.4 Å². The molecular weight excluding hydrogens is 236 g/mol. The van der Waals surface area contributed by atoms with Crippen LogP contribution < -0.4 is 10.2 Å². The minimum atomic E-state index is -0.165. The van der Waals surface area contributed by atoms with E-state index in [0.717, 1.165) is 17.8 Å². The van der Waals surface area contributed by atoms with Gasteiger partial charge in [-0.3, -0.25) is 4.79 Å². The van der Waals surface area contributed by atoms with Gasteiger partial charge in [-0.05, 0) is 62.9 Å². The van der Waals surface area contributed by atoms with Gasteiger partial charge in [-0.2, -0.15) is 0 Å². The van der Waals surface area contributed by atoms with Crippen molar-refractivity contribution in [2.24, 2.45) is 0 Å². The summed E-state index contributed by atoms with van der Waals surface area (Å²) in [7, 11) is 0. The van der Waals surface area contributed by atoms with E-state index in [1.54, 1.807) is 0 Å². The Labute approximate surface area is 115 Å². The van der Waals surface area contributed by atoms with E-state index in [-0.39, 0.29) is 5.91 Å². The lowest BCUT2D eigenvalue weighted by Gasteiger charge is -2.35. The second kappa shape index (κ2) is 5.91. The summed E-state index contributed by atoms with van der Waals surface area (Å²) >= 11 is 0. The molecular formula is C16H22N2O. The van der Waals surface area contributed by atoms with Gasteiger partial charge in [-0.25, -0.2) is 0 Å². The van der Waals surface area contributed by atoms with Crippen LogP contribution >= 0.6 is 0 Å². The fourth-order valence-electron chi connectivity index (χ4n) is 2.63. The van der Waals surface area contributed by atoms with Crippen molar-refractivity contribution in [3.8, 4) is 0 Å². The van der Waals surface area contributed by atoms with Crippen molar-refractivity contribution in [1.29, 1.82) is 0 Å². The van der Waals surface area contributed by atoms with E-state index >= 15 is 0 Å². The summed E-state index contributed by atoms with van der Waals surface area (Å²) in [6, 6.07) is 6.82. The number of rotatable bonds is 3. The summed E-state index contributed by atoms with van der Waals surface area (Å²) in [5.41, 5.74) is 3.20. The van der Waals surface area contributed by atoms with Crippen molar-refractivity contribution in [2.75, 3.05) is 16.8 Å². The number of nitrogens with zero attached hydrogens (tertiary/aromatic N) is 1. The molecule has 2 rings (SSSR count). The topological polar surface area (TPSA) is 32.3 Å². The summed E-state index contributed by atoms with van der Waals surface area (Å²) in [6.07, 6.45) is 5.14. The molecule has 0 aliphatic carbocycles. The average Bonchev–Trinajstić information content (AvgIpc) is 2.41. The van der Waals surface area contributed by atoms with Gasteiger partial charge < -0.3 is 10.2 Å². The predicted octanol–water partition coefficient (Wildman–Crippen LogP) is 3.50. The smallest absolute Gasteiger partial charge is 0.247 e. The van der Waals surface area contributed by atoms with Crippen LogP contribution in [0.1, 0.15) is 31.7 Å². The van der Waals surface area contributed by atoms with Crippen molar-refractivity contribution in [3.63, 3.8) is 0 Å². The maximum Gasteiger partial charge on any atom is 0.247 e. The van der Waals surface area contributed by atoms with Crippen LogP contribution in [0.15, 0.2) is 30.9 Å². The Balaban J connectivity index is 2.18. The van der Waals surface area contributed by atoms with E-state index in [0.29, 0.717) is 6.04 Å². The molecule has 0 saturated carbocycles. The number of anilines is 2. The largest absolute Gasteiger partial charge is 0.369 e. The number of carbonyl (C=O) groups is 1. The first kappa shape index (κ1) is 13.7. The van der Waals surface area contributed by atoms with Crippen LogP contribution in [-0.4, -0.2) is 18.5 Å². The highest BCUT2D eigenvalue weighted by Crippen LogP contribution is 2.28. The van der Waals surface area contributed by atoms with Gasteiger partial charge >= 0.3 is 0 Å². The SMILES string of the molecule is C=CC(=O)Nc1ccc(N2CCCCC2C)cc1C. The zero-order valence-electron chi connectivity index (χ0n) is 11.8. The van der Waals surface area contributed by atoms with Crippen LogP contribution in [0.3, 0.4) is 0 Å². The normalized spacial score (nSPS) is 19.1. The van der Waals surface area contributed by atoms with Gasteiger partial charge in [-0.1, -0.05) is 6.58 Å². The molecule has 1 aromatic rings. The molecule has 0 aromatic heterocycles. The minimum Gasteiger partial charge on any atom is -0.369 e. The number of hydrogen-bond acceptors (Lipinski definition) is 2. The molecule has 1 unspecified atom stereocenters. The second-order valence-corrected chi connectivity index (χ2v) is 5.23. The lowest BCUT2D eigenvalue weighted by molar-refractivity contribution is -0.111. The van der Waals surface area contributed by atoms with E-state index in [9.17, 15) is 4.79 Å². The first-order valence-corrected chi connectivity index (χ1v) is 6.92. The zero-order chi connectivity index (χ0) is 13.8. The Morgan fingerprint density at radius 2 is 2.26 bits per heavy atom. The molecule has 1 N–H and O–H groups in total. The van der Waals surface area contributed by atoms with Gasteiger partial charge in [0.25, 0.3) is 0 Å². The Bertz CT molecular complexity index is 482. The second-order valence-electron chi connectivity index (χ2n) is 5.23. The molecule has 1 atom stereocenters. The third kappa shape index (κ3) is 3.16. The number of aryl methyl sites for hydroxylation is 1. The van der Waals surface area contributed by atoms with E-state index in [4.69, 9.17) is 0 Å². The minimum absolute atomic E-state index is 0.165. The number of piperidine rings is 1. The average molecular weight is 258 g/mol. The molecule has 1 aromatic carbocycles. The van der Waals surface area contributed by atoms with Crippen LogP contribution in [-0.2, 0) is 4.79 Å². The van der Waals surface area contributed by atoms with Gasteiger partial charge in [0.1, 0.15) is 0 Å². The van der Waals surface area contributed by atoms with Gasteiger partial charge in [0.15, 0.2) is 0 Å². The summed E-state index contributed by atoms with van der Waals surface area (Å²) in [6.45, 7) is 8.90. The first-order valence-electron chi connectivity index (χ1n) is 6.92. The summed E-state index contributed by atoms with van der Waals surface area (Å²) < 4.78 is 0.